The zero-order valence-electron chi connectivity index (χ0n) is 17.0. The fourth-order valence-electron chi connectivity index (χ4n) is 4.53. The minimum absolute atomic E-state index is 0.00275. The van der Waals surface area contributed by atoms with E-state index in [4.69, 9.17) is 5.73 Å². The van der Waals surface area contributed by atoms with E-state index in [1.165, 1.54) is 4.68 Å². The van der Waals surface area contributed by atoms with Crippen molar-refractivity contribution in [3.8, 4) is 0 Å². The van der Waals surface area contributed by atoms with Gasteiger partial charge in [-0.1, -0.05) is 11.2 Å². The van der Waals surface area contributed by atoms with Gasteiger partial charge in [-0.25, -0.2) is 4.68 Å². The summed E-state index contributed by atoms with van der Waals surface area (Å²) < 4.78 is 1.26. The van der Waals surface area contributed by atoms with Crippen molar-refractivity contribution in [1.29, 1.82) is 0 Å². The van der Waals surface area contributed by atoms with Gasteiger partial charge in [-0.2, -0.15) is 0 Å². The molecular weight excluding hydrogens is 384 g/mol. The highest BCUT2D eigenvalue weighted by Crippen LogP contribution is 2.34. The van der Waals surface area contributed by atoms with Gasteiger partial charge in [-0.3, -0.25) is 14.6 Å². The third-order valence-electron chi connectivity index (χ3n) is 6.11. The summed E-state index contributed by atoms with van der Waals surface area (Å²) >= 11 is 0. The van der Waals surface area contributed by atoms with E-state index >= 15 is 0 Å². The van der Waals surface area contributed by atoms with Crippen LogP contribution in [-0.4, -0.2) is 54.5 Å². The second kappa shape index (κ2) is 9.19. The third kappa shape index (κ3) is 4.58. The molecule has 1 aliphatic carbocycles. The number of rotatable bonds is 5. The molecule has 1 atom stereocenters. The van der Waals surface area contributed by atoms with Crippen molar-refractivity contribution in [2.75, 3.05) is 12.3 Å². The summed E-state index contributed by atoms with van der Waals surface area (Å²) in [5, 5.41) is 13.7. The predicted octanol–water partition coefficient (Wildman–Crippen LogP) is 1.08. The number of tetrazole rings is 1. The van der Waals surface area contributed by atoms with Gasteiger partial charge >= 0.3 is 0 Å². The molecule has 10 nitrogen and oxygen atoms in total. The molecule has 1 unspecified atom stereocenters. The zero-order valence-corrected chi connectivity index (χ0v) is 17.0. The second-order valence-corrected chi connectivity index (χ2v) is 8.11. The minimum atomic E-state index is -0.171. The van der Waals surface area contributed by atoms with E-state index in [-0.39, 0.29) is 42.3 Å². The fourth-order valence-corrected chi connectivity index (χ4v) is 4.53. The molecule has 2 aromatic heterocycles. The number of amides is 2. The molecule has 3 N–H and O–H groups in total. The molecule has 3 heterocycles. The second-order valence-electron chi connectivity index (χ2n) is 8.11. The first kappa shape index (κ1) is 20.2. The Morgan fingerprint density at radius 2 is 1.97 bits per heavy atom. The zero-order chi connectivity index (χ0) is 20.9. The molecule has 160 valence electrons. The molecule has 4 rings (SSSR count). The standard InChI is InChI=1S/C20H28N8O2/c21-20-24-25-26-28(20)13-18(29)23-15-9-7-14(8-10-15)19(30)27-12-4-2-6-17(27)16-5-1-3-11-22-16/h1,3,5,11,14-15,17H,2,4,6-10,12-13H2,(H,23,29)(H2,21,24,26). The number of nitrogens with zero attached hydrogens (tertiary/aromatic N) is 6. The van der Waals surface area contributed by atoms with Gasteiger partial charge in [0.1, 0.15) is 6.54 Å². The van der Waals surface area contributed by atoms with Gasteiger partial charge in [0, 0.05) is 24.7 Å². The van der Waals surface area contributed by atoms with Crippen molar-refractivity contribution in [2.24, 2.45) is 5.92 Å². The fraction of sp³-hybridized carbons (Fsp3) is 0.600. The van der Waals surface area contributed by atoms with Gasteiger partial charge in [0.15, 0.2) is 0 Å². The molecule has 1 saturated carbocycles. The van der Waals surface area contributed by atoms with E-state index in [0.29, 0.717) is 0 Å². The van der Waals surface area contributed by atoms with Crippen LogP contribution in [0, 0.1) is 5.92 Å². The van der Waals surface area contributed by atoms with Crippen molar-refractivity contribution in [3.05, 3.63) is 30.1 Å². The van der Waals surface area contributed by atoms with Gasteiger partial charge in [-0.05, 0) is 67.5 Å². The van der Waals surface area contributed by atoms with Crippen molar-refractivity contribution in [1.82, 2.24) is 35.4 Å². The van der Waals surface area contributed by atoms with Crippen LogP contribution in [0.1, 0.15) is 56.7 Å². The molecule has 1 aliphatic heterocycles. The normalized spacial score (nSPS) is 24.4. The summed E-state index contributed by atoms with van der Waals surface area (Å²) in [4.78, 5) is 32.0. The van der Waals surface area contributed by atoms with Gasteiger partial charge in [0.2, 0.25) is 17.8 Å². The van der Waals surface area contributed by atoms with Crippen LogP contribution in [0.2, 0.25) is 0 Å². The Hall–Kier alpha value is -3.04. The number of hydrogen-bond donors (Lipinski definition) is 2. The maximum atomic E-state index is 13.3. The molecule has 0 aromatic carbocycles. The molecule has 1 saturated heterocycles. The number of hydrogen-bond acceptors (Lipinski definition) is 7. The number of likely N-dealkylation sites (tertiary alicyclic amines) is 1. The molecule has 2 amide bonds. The number of aromatic nitrogens is 5. The molecule has 30 heavy (non-hydrogen) atoms. The van der Waals surface area contributed by atoms with Gasteiger partial charge in [0.25, 0.3) is 0 Å². The summed E-state index contributed by atoms with van der Waals surface area (Å²) in [5.74, 6) is 0.188. The summed E-state index contributed by atoms with van der Waals surface area (Å²) in [6.45, 7) is 0.793. The van der Waals surface area contributed by atoms with Crippen LogP contribution in [0.5, 0.6) is 0 Å². The highest BCUT2D eigenvalue weighted by Gasteiger charge is 2.35. The molecule has 2 fully saturated rings. The summed E-state index contributed by atoms with van der Waals surface area (Å²) in [7, 11) is 0. The van der Waals surface area contributed by atoms with E-state index in [9.17, 15) is 9.59 Å². The SMILES string of the molecule is Nc1nnnn1CC(=O)NC1CCC(C(=O)N2CCCCC2c2ccccn2)CC1. The number of carbonyl (C=O) groups excluding carboxylic acids is 2. The highest BCUT2D eigenvalue weighted by molar-refractivity contribution is 5.80. The Morgan fingerprint density at radius 3 is 2.67 bits per heavy atom. The van der Waals surface area contributed by atoms with E-state index in [1.54, 1.807) is 6.20 Å². The van der Waals surface area contributed by atoms with Crippen molar-refractivity contribution < 1.29 is 9.59 Å². The maximum absolute atomic E-state index is 13.3. The van der Waals surface area contributed by atoms with Crippen LogP contribution in [0.3, 0.4) is 0 Å². The van der Waals surface area contributed by atoms with Crippen molar-refractivity contribution >= 4 is 17.8 Å². The van der Waals surface area contributed by atoms with Crippen LogP contribution in [0.4, 0.5) is 5.95 Å². The van der Waals surface area contributed by atoms with Gasteiger partial charge in [0.05, 0.1) is 11.7 Å². The molecule has 0 bridgehead atoms. The van der Waals surface area contributed by atoms with Crippen LogP contribution in [0.25, 0.3) is 0 Å². The summed E-state index contributed by atoms with van der Waals surface area (Å²) in [6, 6.07) is 6.04. The first-order valence-corrected chi connectivity index (χ1v) is 10.6. The molecule has 2 aromatic rings. The van der Waals surface area contributed by atoms with Crippen LogP contribution in [-0.2, 0) is 16.1 Å². The Labute approximate surface area is 175 Å². The molecule has 2 aliphatic rings. The lowest BCUT2D eigenvalue weighted by Crippen LogP contribution is -2.45. The summed E-state index contributed by atoms with van der Waals surface area (Å²) in [5.41, 5.74) is 6.58. The monoisotopic (exact) mass is 412 g/mol. The van der Waals surface area contributed by atoms with Gasteiger partial charge in [-0.15, -0.1) is 0 Å². The number of nitrogens with two attached hydrogens (primary N) is 1. The molecule has 0 radical (unpaired) electrons. The predicted molar refractivity (Wildman–Crippen MR) is 109 cm³/mol. The molecule has 0 spiro atoms. The van der Waals surface area contributed by atoms with Crippen molar-refractivity contribution in [3.63, 3.8) is 0 Å². The lowest BCUT2D eigenvalue weighted by Gasteiger charge is -2.39. The molecule has 10 heteroatoms. The van der Waals surface area contributed by atoms with E-state index in [2.05, 4.69) is 25.8 Å². The molecular formula is C20H28N8O2. The number of pyridine rings is 1. The largest absolute Gasteiger partial charge is 0.367 e. The number of piperidine rings is 1. The lowest BCUT2D eigenvalue weighted by molar-refractivity contribution is -0.140. The highest BCUT2D eigenvalue weighted by atomic mass is 16.2. The van der Waals surface area contributed by atoms with Gasteiger partial charge < -0.3 is 16.0 Å². The number of nitrogens with one attached hydrogen (secondary N) is 1. The number of anilines is 1. The maximum Gasteiger partial charge on any atom is 0.242 e. The van der Waals surface area contributed by atoms with Crippen molar-refractivity contribution in [2.45, 2.75) is 63.6 Å². The van der Waals surface area contributed by atoms with E-state index in [1.807, 2.05) is 23.1 Å². The van der Waals surface area contributed by atoms with Crippen LogP contribution in [0.15, 0.2) is 24.4 Å². The summed E-state index contributed by atoms with van der Waals surface area (Å²) in [6.07, 6.45) is 8.06. The Bertz CT molecular complexity index is 863. The number of carbonyl (C=O) groups is 2. The lowest BCUT2D eigenvalue weighted by atomic mass is 9.84. The first-order valence-electron chi connectivity index (χ1n) is 10.6. The first-order chi connectivity index (χ1) is 14.6. The topological polar surface area (TPSA) is 132 Å². The smallest absolute Gasteiger partial charge is 0.242 e. The minimum Gasteiger partial charge on any atom is -0.367 e. The average molecular weight is 412 g/mol. The van der Waals surface area contributed by atoms with E-state index in [0.717, 1.165) is 57.2 Å². The Kier molecular flexibility index (Phi) is 6.20. The average Bonchev–Trinajstić information content (AvgIpc) is 3.18. The van der Waals surface area contributed by atoms with Crippen LogP contribution >= 0.6 is 0 Å². The quantitative estimate of drug-likeness (QED) is 0.751. The Balaban J connectivity index is 1.30. The Morgan fingerprint density at radius 1 is 1.13 bits per heavy atom. The third-order valence-corrected chi connectivity index (χ3v) is 6.11. The number of nitrogen functional groups attached to an aromatic ring is 1. The van der Waals surface area contributed by atoms with Crippen LogP contribution < -0.4 is 11.1 Å². The van der Waals surface area contributed by atoms with E-state index < -0.39 is 0 Å².